The quantitative estimate of drug-likeness (QED) is 0.365. The van der Waals surface area contributed by atoms with E-state index in [0.29, 0.717) is 28.3 Å². The molecule has 4 aromatic rings. The summed E-state index contributed by atoms with van der Waals surface area (Å²) in [6.07, 6.45) is 3.09. The van der Waals surface area contributed by atoms with Gasteiger partial charge in [-0.3, -0.25) is 9.59 Å². The first-order chi connectivity index (χ1) is 17.3. The van der Waals surface area contributed by atoms with Crippen molar-refractivity contribution in [2.75, 3.05) is 0 Å². The van der Waals surface area contributed by atoms with E-state index in [0.717, 1.165) is 5.56 Å². The molecule has 180 valence electrons. The van der Waals surface area contributed by atoms with Gasteiger partial charge in [0.25, 0.3) is 5.91 Å². The summed E-state index contributed by atoms with van der Waals surface area (Å²) in [6.45, 7) is 2.43. The van der Waals surface area contributed by atoms with Crippen molar-refractivity contribution in [1.82, 2.24) is 19.9 Å². The molecule has 0 spiro atoms. The molecule has 2 heterocycles. The minimum absolute atomic E-state index is 0.0349. The number of hydrogen-bond acceptors (Lipinski definition) is 6. The van der Waals surface area contributed by atoms with Crippen LogP contribution in [-0.4, -0.2) is 42.9 Å². The normalized spacial score (nSPS) is 12.3. The highest BCUT2D eigenvalue weighted by Crippen LogP contribution is 2.24. The zero-order valence-electron chi connectivity index (χ0n) is 20.4. The highest BCUT2D eigenvalue weighted by atomic mass is 16.5. The molecule has 9 nitrogen and oxygen atoms in total. The van der Waals surface area contributed by atoms with E-state index in [2.05, 4.69) is 10.3 Å². The molecular formula is C26H26N4O5. The lowest BCUT2D eigenvalue weighted by atomic mass is 10.1. The molecule has 1 N–H and O–H groups in total. The Morgan fingerprint density at radius 3 is 2.60 bits per heavy atom. The number of aliphatic carboxylic acids is 1. The molecular weight excluding hydrogens is 448 g/mol. The van der Waals surface area contributed by atoms with Gasteiger partial charge in [-0.1, -0.05) is 35.5 Å². The van der Waals surface area contributed by atoms with Gasteiger partial charge in [0.05, 0.1) is 13.8 Å². The topological polar surface area (TPSA) is 111 Å². The van der Waals surface area contributed by atoms with Crippen LogP contribution < -0.4 is 4.74 Å². The van der Waals surface area contributed by atoms with Crippen LogP contribution in [0, 0.1) is 0 Å². The minimum atomic E-state index is -1.03. The summed E-state index contributed by atoms with van der Waals surface area (Å²) in [7, 11) is 0. The minimum Gasteiger partial charge on any atom is -0.487 e. The zero-order valence-corrected chi connectivity index (χ0v) is 19.4. The van der Waals surface area contributed by atoms with E-state index in [1.54, 1.807) is 48.7 Å². The largest absolute Gasteiger partial charge is 0.487 e. The Labute approximate surface area is 204 Å². The lowest BCUT2D eigenvalue weighted by Crippen LogP contribution is -2.36. The molecule has 0 aliphatic carbocycles. The van der Waals surface area contributed by atoms with Crippen LogP contribution in [0.2, 0.25) is 0 Å². The molecule has 0 aliphatic rings. The van der Waals surface area contributed by atoms with Crippen molar-refractivity contribution in [2.45, 2.75) is 39.6 Å². The summed E-state index contributed by atoms with van der Waals surface area (Å²) < 4.78 is 21.5. The first kappa shape index (κ1) is 22.4. The number of furan rings is 1. The third-order valence-electron chi connectivity index (χ3n) is 5.18. The fourth-order valence-electron chi connectivity index (χ4n) is 3.45. The molecule has 1 atom stereocenters. The zero-order chi connectivity index (χ0) is 25.7. The van der Waals surface area contributed by atoms with Crippen LogP contribution in [0.3, 0.4) is 0 Å². The van der Waals surface area contributed by atoms with Gasteiger partial charge in [0, 0.05) is 29.3 Å². The number of para-hydroxylation sites is 1. The number of carboxylic acids is 1. The van der Waals surface area contributed by atoms with Crippen molar-refractivity contribution < 1.29 is 25.2 Å². The maximum absolute atomic E-state index is 13.5. The number of rotatable bonds is 10. The van der Waals surface area contributed by atoms with Crippen LogP contribution in [0.4, 0.5) is 0 Å². The average molecular weight is 476 g/mol. The van der Waals surface area contributed by atoms with E-state index in [-0.39, 0.29) is 25.1 Å². The number of aromatic nitrogens is 3. The third kappa shape index (κ3) is 5.94. The molecule has 2 aromatic heterocycles. The molecule has 0 saturated carbocycles. The maximum atomic E-state index is 13.5. The predicted octanol–water partition coefficient (Wildman–Crippen LogP) is 4.25. The van der Waals surface area contributed by atoms with Crippen LogP contribution >= 0.6 is 0 Å². The summed E-state index contributed by atoms with van der Waals surface area (Å²) in [4.78, 5) is 25.8. The van der Waals surface area contributed by atoms with Gasteiger partial charge in [-0.2, -0.15) is 0 Å². The summed E-state index contributed by atoms with van der Waals surface area (Å²) in [5.74, 6) is -0.162. The Balaban J connectivity index is 1.52. The Hall–Kier alpha value is -4.40. The van der Waals surface area contributed by atoms with Crippen molar-refractivity contribution in [2.24, 2.45) is 0 Å². The second-order valence-electron chi connectivity index (χ2n) is 8.12. The fraction of sp³-hybridized carbons (Fsp3) is 0.231. The fourth-order valence-corrected chi connectivity index (χ4v) is 3.45. The third-order valence-corrected chi connectivity index (χ3v) is 5.18. The number of carbonyl (C=O) groups excluding carboxylic acids is 1. The Kier molecular flexibility index (Phi) is 6.84. The smallest absolute Gasteiger partial charge is 0.325 e. The Morgan fingerprint density at radius 2 is 1.91 bits per heavy atom. The number of amides is 1. The molecule has 0 fully saturated rings. The molecule has 9 heteroatoms. The van der Waals surface area contributed by atoms with Crippen molar-refractivity contribution in [3.05, 3.63) is 89.9 Å². The van der Waals surface area contributed by atoms with Gasteiger partial charge in [-0.05, 0) is 44.2 Å². The monoisotopic (exact) mass is 475 g/mol. The molecule has 0 saturated heterocycles. The number of hydrogen-bond donors (Lipinski definition) is 1. The van der Waals surface area contributed by atoms with Crippen molar-refractivity contribution >= 4 is 11.9 Å². The number of carboxylic acid groups (broad SMARTS) is 1. The van der Waals surface area contributed by atoms with Gasteiger partial charge >= 0.3 is 5.97 Å². The molecule has 1 unspecified atom stereocenters. The molecule has 2 aromatic carbocycles. The van der Waals surface area contributed by atoms with Gasteiger partial charge in [0.15, 0.2) is 0 Å². The van der Waals surface area contributed by atoms with Crippen LogP contribution in [0.25, 0.3) is 11.3 Å². The second kappa shape index (κ2) is 10.7. The summed E-state index contributed by atoms with van der Waals surface area (Å²) in [6, 6.07) is 17.5. The van der Waals surface area contributed by atoms with E-state index in [1.165, 1.54) is 15.8 Å². The Morgan fingerprint density at radius 1 is 1.14 bits per heavy atom. The lowest BCUT2D eigenvalue weighted by molar-refractivity contribution is -0.137. The summed E-state index contributed by atoms with van der Waals surface area (Å²) in [5, 5.41) is 16.6. The maximum Gasteiger partial charge on any atom is 0.325 e. The Bertz CT molecular complexity index is 1320. The molecule has 0 bridgehead atoms. The second-order valence-corrected chi connectivity index (χ2v) is 8.12. The first-order valence-electron chi connectivity index (χ1n) is 11.6. The van der Waals surface area contributed by atoms with Crippen LogP contribution in [0.15, 0.2) is 77.5 Å². The highest BCUT2D eigenvalue weighted by Gasteiger charge is 2.21. The number of benzene rings is 2. The molecule has 0 aliphatic heterocycles. The lowest BCUT2D eigenvalue weighted by Gasteiger charge is -2.28. The summed E-state index contributed by atoms with van der Waals surface area (Å²) in [5.41, 5.74) is 2.28. The van der Waals surface area contributed by atoms with E-state index in [9.17, 15) is 9.59 Å². The average Bonchev–Trinajstić information content (AvgIpc) is 3.55. The van der Waals surface area contributed by atoms with Crippen LogP contribution in [-0.2, 0) is 24.5 Å². The number of ether oxygens (including phenoxy) is 1. The molecule has 35 heavy (non-hydrogen) atoms. The van der Waals surface area contributed by atoms with E-state index < -0.39 is 12.5 Å². The number of nitrogens with zero attached hydrogens (tertiary/aromatic N) is 4. The van der Waals surface area contributed by atoms with E-state index in [4.69, 9.17) is 15.6 Å². The summed E-state index contributed by atoms with van der Waals surface area (Å²) >= 11 is 0. The van der Waals surface area contributed by atoms with Crippen molar-refractivity contribution in [1.29, 1.82) is 0 Å². The van der Waals surface area contributed by atoms with Gasteiger partial charge in [-0.25, -0.2) is 4.68 Å². The van der Waals surface area contributed by atoms with Gasteiger partial charge in [0.2, 0.25) is 0 Å². The van der Waals surface area contributed by atoms with E-state index >= 15 is 0 Å². The first-order valence-corrected chi connectivity index (χ1v) is 11.0. The van der Waals surface area contributed by atoms with Crippen LogP contribution in [0.5, 0.6) is 5.75 Å². The van der Waals surface area contributed by atoms with Gasteiger partial charge in [-0.15, -0.1) is 5.10 Å². The standard InChI is InChI=1S/C26H26N4O5/c1-18(2)30(26(33)20-11-9-19(10-12-20)23-8-5-13-34-23)14-21-6-3-4-7-24(21)35-17-22-15-29(28-27-22)16-25(31)32/h3-13,15,18H,14,16-17H2,1-2H3,(H,31,32)/i14D. The molecule has 1 amide bonds. The SMILES string of the molecule is [2H]C(c1ccccc1OCc1cn(CC(=O)O)nn1)N(C(=O)c1ccc(-c2ccco2)cc1)C(C)C. The molecule has 4 rings (SSSR count). The van der Waals surface area contributed by atoms with Crippen LogP contribution in [0.1, 0.15) is 36.8 Å². The van der Waals surface area contributed by atoms with Gasteiger partial charge < -0.3 is 19.2 Å². The predicted molar refractivity (Wildman–Crippen MR) is 128 cm³/mol. The molecule has 0 radical (unpaired) electrons. The van der Waals surface area contributed by atoms with E-state index in [1.807, 2.05) is 32.0 Å². The van der Waals surface area contributed by atoms with Gasteiger partial charge in [0.1, 0.15) is 30.4 Å². The van der Waals surface area contributed by atoms with Crippen molar-refractivity contribution in [3.63, 3.8) is 0 Å². The highest BCUT2D eigenvalue weighted by molar-refractivity contribution is 5.94. The van der Waals surface area contributed by atoms with Crippen molar-refractivity contribution in [3.8, 4) is 17.1 Å². The number of carbonyl (C=O) groups is 2.